The Morgan fingerprint density at radius 3 is 2.35 bits per heavy atom. The third kappa shape index (κ3) is 4.27. The van der Waals surface area contributed by atoms with Crippen molar-refractivity contribution in [1.29, 1.82) is 0 Å². The maximum Gasteiger partial charge on any atom is 0.264 e. The van der Waals surface area contributed by atoms with Gasteiger partial charge in [-0.2, -0.15) is 8.75 Å². The van der Waals surface area contributed by atoms with Crippen LogP contribution in [0.25, 0.3) is 11.0 Å². The fraction of sp³-hybridized carbons (Fsp3) is 0.208. The van der Waals surface area contributed by atoms with E-state index in [1.54, 1.807) is 41.3 Å². The van der Waals surface area contributed by atoms with Gasteiger partial charge in [-0.05, 0) is 54.8 Å². The van der Waals surface area contributed by atoms with Crippen LogP contribution in [0.2, 0.25) is 0 Å². The monoisotopic (exact) mass is 494 g/mol. The second kappa shape index (κ2) is 8.79. The summed E-state index contributed by atoms with van der Waals surface area (Å²) in [7, 11) is -3.87. The molecule has 0 spiro atoms. The van der Waals surface area contributed by atoms with Crippen molar-refractivity contribution in [3.05, 3.63) is 83.9 Å². The summed E-state index contributed by atoms with van der Waals surface area (Å²) in [5.41, 5.74) is 1.58. The summed E-state index contributed by atoms with van der Waals surface area (Å²) in [6, 6.07) is 20.7. The van der Waals surface area contributed by atoms with Crippen molar-refractivity contribution in [3.63, 3.8) is 0 Å². The minimum Gasteiger partial charge on any atom is -0.385 e. The molecule has 1 aliphatic heterocycles. The van der Waals surface area contributed by atoms with Crippen molar-refractivity contribution in [2.75, 3.05) is 17.8 Å². The second-order valence-corrected chi connectivity index (χ2v) is 10.4. The number of sulfonamides is 1. The molecule has 1 aromatic heterocycles. The highest BCUT2D eigenvalue weighted by atomic mass is 32.2. The molecule has 5 rings (SSSR count). The van der Waals surface area contributed by atoms with E-state index in [-0.39, 0.29) is 10.8 Å². The molecule has 1 aliphatic rings. The van der Waals surface area contributed by atoms with Crippen molar-refractivity contribution in [1.82, 2.24) is 13.6 Å². The van der Waals surface area contributed by atoms with Gasteiger partial charge in [0, 0.05) is 24.3 Å². The van der Waals surface area contributed by atoms with Gasteiger partial charge in [-0.1, -0.05) is 36.4 Å². The lowest BCUT2D eigenvalue weighted by atomic mass is 9.84. The number of carbonyl (C=O) groups is 1. The number of amides is 1. The molecule has 0 radical (unpaired) electrons. The first kappa shape index (κ1) is 22.5. The summed E-state index contributed by atoms with van der Waals surface area (Å²) in [5.74, 6) is -0.150. The molecule has 1 saturated heterocycles. The molecule has 0 unspecified atom stereocenters. The number of hydrogen-bond donors (Lipinski definition) is 2. The summed E-state index contributed by atoms with van der Waals surface area (Å²) in [4.78, 5) is 14.7. The number of hydrogen-bond acceptors (Lipinski definition) is 7. The zero-order chi connectivity index (χ0) is 23.8. The number of aromatic nitrogens is 2. The van der Waals surface area contributed by atoms with Crippen molar-refractivity contribution in [2.24, 2.45) is 0 Å². The van der Waals surface area contributed by atoms with Crippen LogP contribution < -0.4 is 4.72 Å². The van der Waals surface area contributed by atoms with Gasteiger partial charge < -0.3 is 10.0 Å². The van der Waals surface area contributed by atoms with Crippen molar-refractivity contribution >= 4 is 44.4 Å². The number of rotatable bonds is 5. The summed E-state index contributed by atoms with van der Waals surface area (Å²) < 4.78 is 36.5. The lowest BCUT2D eigenvalue weighted by molar-refractivity contribution is -0.0211. The number of likely N-dealkylation sites (tertiary alicyclic amines) is 1. The average molecular weight is 495 g/mol. The summed E-state index contributed by atoms with van der Waals surface area (Å²) in [6.07, 6.45) is 0.912. The minimum atomic E-state index is -3.87. The molecule has 34 heavy (non-hydrogen) atoms. The number of carbonyl (C=O) groups excluding carboxylic acids is 1. The average Bonchev–Trinajstić information content (AvgIpc) is 3.34. The quantitative estimate of drug-likeness (QED) is 0.438. The maximum absolute atomic E-state index is 13.0. The Bertz CT molecular complexity index is 1430. The first-order valence-corrected chi connectivity index (χ1v) is 13.0. The SMILES string of the molecule is O=C(c1ccc(NS(=O)(=O)c2cccc3nsnc23)cc1)N1CCC(O)(c2ccccc2)CC1. The molecule has 0 bridgehead atoms. The number of nitrogens with zero attached hydrogens (tertiary/aromatic N) is 3. The van der Waals surface area contributed by atoms with Crippen molar-refractivity contribution in [3.8, 4) is 0 Å². The molecule has 1 fully saturated rings. The Morgan fingerprint density at radius 1 is 0.941 bits per heavy atom. The molecule has 0 atom stereocenters. The molecule has 2 heterocycles. The number of aliphatic hydroxyl groups is 1. The van der Waals surface area contributed by atoms with Gasteiger partial charge in [-0.15, -0.1) is 0 Å². The molecule has 2 N–H and O–H groups in total. The summed E-state index contributed by atoms with van der Waals surface area (Å²) >= 11 is 0.957. The number of anilines is 1. The van der Waals surface area contributed by atoms with Crippen LogP contribution in [0.1, 0.15) is 28.8 Å². The lowest BCUT2D eigenvalue weighted by Gasteiger charge is -2.38. The number of piperidine rings is 1. The Kier molecular flexibility index (Phi) is 5.80. The van der Waals surface area contributed by atoms with Crippen LogP contribution >= 0.6 is 11.7 Å². The Morgan fingerprint density at radius 2 is 1.65 bits per heavy atom. The zero-order valence-electron chi connectivity index (χ0n) is 18.1. The van der Waals surface area contributed by atoms with E-state index in [1.165, 1.54) is 6.07 Å². The zero-order valence-corrected chi connectivity index (χ0v) is 19.7. The van der Waals surface area contributed by atoms with Crippen LogP contribution in [0.5, 0.6) is 0 Å². The molecule has 4 aromatic rings. The number of fused-ring (bicyclic) bond motifs is 1. The van der Waals surface area contributed by atoms with Crippen LogP contribution in [-0.2, 0) is 15.6 Å². The maximum atomic E-state index is 13.0. The van der Waals surface area contributed by atoms with Crippen molar-refractivity contribution in [2.45, 2.75) is 23.3 Å². The largest absolute Gasteiger partial charge is 0.385 e. The fourth-order valence-corrected chi connectivity index (χ4v) is 6.01. The molecule has 1 amide bonds. The predicted molar refractivity (Wildman–Crippen MR) is 130 cm³/mol. The van der Waals surface area contributed by atoms with E-state index in [1.807, 2.05) is 30.3 Å². The molecule has 3 aromatic carbocycles. The first-order valence-electron chi connectivity index (χ1n) is 10.8. The topological polar surface area (TPSA) is 112 Å². The van der Waals surface area contributed by atoms with Gasteiger partial charge in [0.05, 0.1) is 17.3 Å². The number of nitrogens with one attached hydrogen (secondary N) is 1. The van der Waals surface area contributed by atoms with Gasteiger partial charge in [-0.25, -0.2) is 8.42 Å². The third-order valence-electron chi connectivity index (χ3n) is 6.11. The van der Waals surface area contributed by atoms with Crippen molar-refractivity contribution < 1.29 is 18.3 Å². The third-order valence-corrected chi connectivity index (χ3v) is 8.07. The van der Waals surface area contributed by atoms with E-state index in [9.17, 15) is 18.3 Å². The van der Waals surface area contributed by atoms with E-state index in [0.717, 1.165) is 17.3 Å². The van der Waals surface area contributed by atoms with Gasteiger partial charge in [-0.3, -0.25) is 9.52 Å². The van der Waals surface area contributed by atoms with E-state index < -0.39 is 15.6 Å². The van der Waals surface area contributed by atoms with E-state index >= 15 is 0 Å². The van der Waals surface area contributed by atoms with E-state index in [4.69, 9.17) is 0 Å². The first-order chi connectivity index (χ1) is 16.4. The molecular weight excluding hydrogens is 472 g/mol. The van der Waals surface area contributed by atoms with E-state index in [0.29, 0.717) is 48.2 Å². The van der Waals surface area contributed by atoms with Gasteiger partial charge in [0.2, 0.25) is 0 Å². The van der Waals surface area contributed by atoms with Gasteiger partial charge in [0.25, 0.3) is 15.9 Å². The van der Waals surface area contributed by atoms with E-state index in [2.05, 4.69) is 13.5 Å². The van der Waals surface area contributed by atoms with Crippen LogP contribution in [0.3, 0.4) is 0 Å². The van der Waals surface area contributed by atoms with Crippen LogP contribution in [0.4, 0.5) is 5.69 Å². The van der Waals surface area contributed by atoms with Gasteiger partial charge in [0.15, 0.2) is 0 Å². The highest BCUT2D eigenvalue weighted by Crippen LogP contribution is 2.33. The Labute approximate surface area is 201 Å². The van der Waals surface area contributed by atoms with Crippen LogP contribution in [0.15, 0.2) is 77.7 Å². The van der Waals surface area contributed by atoms with Crippen LogP contribution in [0, 0.1) is 0 Å². The van der Waals surface area contributed by atoms with Crippen LogP contribution in [-0.4, -0.2) is 46.2 Å². The summed E-state index contributed by atoms with van der Waals surface area (Å²) in [5, 5.41) is 11.0. The number of benzene rings is 3. The second-order valence-electron chi connectivity index (χ2n) is 8.26. The Balaban J connectivity index is 1.26. The van der Waals surface area contributed by atoms with Gasteiger partial charge in [0.1, 0.15) is 15.9 Å². The highest BCUT2D eigenvalue weighted by Gasteiger charge is 2.35. The minimum absolute atomic E-state index is 0.0538. The fourth-order valence-electron chi connectivity index (χ4n) is 4.19. The molecule has 0 saturated carbocycles. The molecule has 0 aliphatic carbocycles. The molecular formula is C24H22N4O4S2. The lowest BCUT2D eigenvalue weighted by Crippen LogP contribution is -2.45. The molecule has 10 heteroatoms. The standard InChI is InChI=1S/C24H22N4O4S2/c29-23(28-15-13-24(30,14-16-28)18-5-2-1-3-6-18)17-9-11-19(12-10-17)27-34(31,32)21-8-4-7-20-22(21)26-33-25-20/h1-12,27,30H,13-16H2. The molecule has 8 nitrogen and oxygen atoms in total. The smallest absolute Gasteiger partial charge is 0.264 e. The molecule has 174 valence electrons. The van der Waals surface area contributed by atoms with Gasteiger partial charge >= 0.3 is 0 Å². The highest BCUT2D eigenvalue weighted by molar-refractivity contribution is 7.93. The Hall–Kier alpha value is -3.34. The predicted octanol–water partition coefficient (Wildman–Crippen LogP) is 3.62. The normalized spacial score (nSPS) is 15.9. The summed E-state index contributed by atoms with van der Waals surface area (Å²) in [6.45, 7) is 0.870.